The third kappa shape index (κ3) is 4.14. The molecule has 1 heterocycles. The van der Waals surface area contributed by atoms with Gasteiger partial charge in [0.25, 0.3) is 5.91 Å². The fraction of sp³-hybridized carbons (Fsp3) is 0.615. The lowest BCUT2D eigenvalue weighted by Crippen LogP contribution is -2.36. The number of aryl methyl sites for hydroxylation is 1. The van der Waals surface area contributed by atoms with Gasteiger partial charge >= 0.3 is 0 Å². The molecule has 0 aliphatic rings. The Morgan fingerprint density at radius 2 is 2.22 bits per heavy atom. The number of carbonyl (C=O) groups excluding carboxylic acids is 1. The molecule has 0 aliphatic carbocycles. The van der Waals surface area contributed by atoms with Gasteiger partial charge < -0.3 is 15.0 Å². The number of hydrogen-bond donors (Lipinski definition) is 2. The summed E-state index contributed by atoms with van der Waals surface area (Å²) in [4.78, 5) is 12.1. The Balaban J connectivity index is 2.72. The molecule has 1 amide bonds. The smallest absolute Gasteiger partial charge is 0.267 e. The standard InChI is InChI=1S/C13H21BrN2O2/c1-4-5-16-7-10(14)6-11(16)12(18)15-8-13(2,3)9-17/h6-7,17H,4-5,8-9H2,1-3H3,(H,15,18). The zero-order chi connectivity index (χ0) is 13.8. The van der Waals surface area contributed by atoms with E-state index in [4.69, 9.17) is 5.11 Å². The molecule has 0 bridgehead atoms. The number of amides is 1. The summed E-state index contributed by atoms with van der Waals surface area (Å²) in [5.41, 5.74) is 0.354. The minimum absolute atomic E-state index is 0.0486. The number of nitrogens with zero attached hydrogens (tertiary/aromatic N) is 1. The molecular formula is C13H21BrN2O2. The first-order valence-electron chi connectivity index (χ1n) is 6.14. The molecule has 1 aromatic rings. The lowest BCUT2D eigenvalue weighted by atomic mass is 9.95. The van der Waals surface area contributed by atoms with E-state index < -0.39 is 0 Å². The first-order chi connectivity index (χ1) is 8.39. The molecule has 0 saturated heterocycles. The summed E-state index contributed by atoms with van der Waals surface area (Å²) in [6, 6.07) is 1.82. The van der Waals surface area contributed by atoms with E-state index in [-0.39, 0.29) is 17.9 Å². The van der Waals surface area contributed by atoms with Crippen molar-refractivity contribution in [1.82, 2.24) is 9.88 Å². The normalized spacial score (nSPS) is 11.6. The van der Waals surface area contributed by atoms with Gasteiger partial charge in [-0.05, 0) is 28.4 Å². The molecule has 5 heteroatoms. The van der Waals surface area contributed by atoms with Crippen LogP contribution in [0.1, 0.15) is 37.7 Å². The molecule has 0 spiro atoms. The minimum Gasteiger partial charge on any atom is -0.396 e. The molecule has 1 rings (SSSR count). The van der Waals surface area contributed by atoms with Crippen LogP contribution in [0.15, 0.2) is 16.7 Å². The number of carbonyl (C=O) groups is 1. The first-order valence-corrected chi connectivity index (χ1v) is 6.93. The maximum atomic E-state index is 12.1. The van der Waals surface area contributed by atoms with Gasteiger partial charge in [-0.15, -0.1) is 0 Å². The van der Waals surface area contributed by atoms with Crippen molar-refractivity contribution < 1.29 is 9.90 Å². The van der Waals surface area contributed by atoms with Crippen molar-refractivity contribution in [2.45, 2.75) is 33.7 Å². The van der Waals surface area contributed by atoms with Gasteiger partial charge in [0.05, 0.1) is 0 Å². The van der Waals surface area contributed by atoms with Crippen molar-refractivity contribution in [2.75, 3.05) is 13.2 Å². The maximum absolute atomic E-state index is 12.1. The highest BCUT2D eigenvalue weighted by Crippen LogP contribution is 2.16. The highest BCUT2D eigenvalue weighted by Gasteiger charge is 2.19. The molecule has 0 fully saturated rings. The maximum Gasteiger partial charge on any atom is 0.267 e. The number of aliphatic hydroxyl groups is 1. The van der Waals surface area contributed by atoms with Crippen LogP contribution < -0.4 is 5.32 Å². The van der Waals surface area contributed by atoms with Gasteiger partial charge in [-0.2, -0.15) is 0 Å². The fourth-order valence-corrected chi connectivity index (χ4v) is 2.02. The second kappa shape index (κ2) is 6.38. The van der Waals surface area contributed by atoms with Crippen LogP contribution in [0.25, 0.3) is 0 Å². The highest BCUT2D eigenvalue weighted by atomic mass is 79.9. The van der Waals surface area contributed by atoms with Gasteiger partial charge in [0.15, 0.2) is 0 Å². The monoisotopic (exact) mass is 316 g/mol. The van der Waals surface area contributed by atoms with Gasteiger partial charge in [0.1, 0.15) is 5.69 Å². The third-order valence-corrected chi connectivity index (χ3v) is 3.15. The molecule has 18 heavy (non-hydrogen) atoms. The van der Waals surface area contributed by atoms with E-state index in [2.05, 4.69) is 28.2 Å². The van der Waals surface area contributed by atoms with Crippen molar-refractivity contribution in [2.24, 2.45) is 5.41 Å². The summed E-state index contributed by atoms with van der Waals surface area (Å²) in [6.07, 6.45) is 2.89. The Hall–Kier alpha value is -0.810. The predicted molar refractivity (Wildman–Crippen MR) is 75.6 cm³/mol. The van der Waals surface area contributed by atoms with Gasteiger partial charge in [-0.25, -0.2) is 0 Å². The molecule has 0 atom stereocenters. The zero-order valence-corrected chi connectivity index (χ0v) is 12.7. The van der Waals surface area contributed by atoms with E-state index in [0.717, 1.165) is 17.4 Å². The second-order valence-corrected chi connectivity index (χ2v) is 6.16. The SMILES string of the molecule is CCCn1cc(Br)cc1C(=O)NCC(C)(C)CO. The van der Waals surface area contributed by atoms with E-state index in [9.17, 15) is 4.79 Å². The van der Waals surface area contributed by atoms with Crippen LogP contribution in [0.4, 0.5) is 0 Å². The van der Waals surface area contributed by atoms with Gasteiger partial charge in [0, 0.05) is 35.8 Å². The number of rotatable bonds is 6. The van der Waals surface area contributed by atoms with E-state index in [1.165, 1.54) is 0 Å². The molecule has 2 N–H and O–H groups in total. The van der Waals surface area contributed by atoms with E-state index in [1.54, 1.807) is 0 Å². The average molecular weight is 317 g/mol. The molecule has 1 aromatic heterocycles. The van der Waals surface area contributed by atoms with Crippen LogP contribution in [-0.2, 0) is 6.54 Å². The van der Waals surface area contributed by atoms with Crippen LogP contribution in [0, 0.1) is 5.41 Å². The van der Waals surface area contributed by atoms with Gasteiger partial charge in [-0.1, -0.05) is 20.8 Å². The summed E-state index contributed by atoms with van der Waals surface area (Å²) in [5, 5.41) is 12.0. The predicted octanol–water partition coefficient (Wildman–Crippen LogP) is 2.41. The summed E-state index contributed by atoms with van der Waals surface area (Å²) in [5.74, 6) is -0.101. The fourth-order valence-electron chi connectivity index (χ4n) is 1.56. The Labute approximate surface area is 117 Å². The van der Waals surface area contributed by atoms with E-state index in [1.807, 2.05) is 30.7 Å². The first kappa shape index (κ1) is 15.2. The zero-order valence-electron chi connectivity index (χ0n) is 11.2. The summed E-state index contributed by atoms with van der Waals surface area (Å²) in [6.45, 7) is 7.22. The molecule has 4 nitrogen and oxygen atoms in total. The number of nitrogens with one attached hydrogen (secondary N) is 1. The van der Waals surface area contributed by atoms with Crippen molar-refractivity contribution in [3.05, 3.63) is 22.4 Å². The van der Waals surface area contributed by atoms with E-state index >= 15 is 0 Å². The topological polar surface area (TPSA) is 54.3 Å². The van der Waals surface area contributed by atoms with Crippen LogP contribution in [0.5, 0.6) is 0 Å². The summed E-state index contributed by atoms with van der Waals surface area (Å²) >= 11 is 3.38. The number of aromatic nitrogens is 1. The Bertz CT molecular complexity index is 413. The molecule has 0 aromatic carbocycles. The molecule has 0 unspecified atom stereocenters. The number of aliphatic hydroxyl groups excluding tert-OH is 1. The van der Waals surface area contributed by atoms with Crippen LogP contribution in [0.2, 0.25) is 0 Å². The molecule has 102 valence electrons. The van der Waals surface area contributed by atoms with Crippen LogP contribution in [0.3, 0.4) is 0 Å². The highest BCUT2D eigenvalue weighted by molar-refractivity contribution is 9.10. The van der Waals surface area contributed by atoms with Crippen molar-refractivity contribution in [3.63, 3.8) is 0 Å². The lowest BCUT2D eigenvalue weighted by Gasteiger charge is -2.22. The van der Waals surface area contributed by atoms with Gasteiger partial charge in [0.2, 0.25) is 0 Å². The number of halogens is 1. The second-order valence-electron chi connectivity index (χ2n) is 5.24. The Morgan fingerprint density at radius 1 is 1.56 bits per heavy atom. The molecule has 0 aliphatic heterocycles. The third-order valence-electron chi connectivity index (χ3n) is 2.72. The average Bonchev–Trinajstić information content (AvgIpc) is 2.68. The minimum atomic E-state index is -0.297. The Morgan fingerprint density at radius 3 is 2.78 bits per heavy atom. The summed E-state index contributed by atoms with van der Waals surface area (Å²) in [7, 11) is 0. The molecule has 0 radical (unpaired) electrons. The number of hydrogen-bond acceptors (Lipinski definition) is 2. The molecular weight excluding hydrogens is 296 g/mol. The van der Waals surface area contributed by atoms with Crippen molar-refractivity contribution >= 4 is 21.8 Å². The Kier molecular flexibility index (Phi) is 5.41. The van der Waals surface area contributed by atoms with Crippen LogP contribution in [-0.4, -0.2) is 28.7 Å². The van der Waals surface area contributed by atoms with E-state index in [0.29, 0.717) is 12.2 Å². The summed E-state index contributed by atoms with van der Waals surface area (Å²) < 4.78 is 2.84. The molecule has 0 saturated carbocycles. The van der Waals surface area contributed by atoms with Crippen LogP contribution >= 0.6 is 15.9 Å². The van der Waals surface area contributed by atoms with Crippen molar-refractivity contribution in [1.29, 1.82) is 0 Å². The quantitative estimate of drug-likeness (QED) is 0.846. The largest absolute Gasteiger partial charge is 0.396 e. The van der Waals surface area contributed by atoms with Crippen molar-refractivity contribution in [3.8, 4) is 0 Å². The van der Waals surface area contributed by atoms with Gasteiger partial charge in [-0.3, -0.25) is 4.79 Å². The lowest BCUT2D eigenvalue weighted by molar-refractivity contribution is 0.0902.